The Morgan fingerprint density at radius 3 is 2.61 bits per heavy atom. The molecule has 1 heterocycles. The van der Waals surface area contributed by atoms with Gasteiger partial charge in [0.05, 0.1) is 5.56 Å². The lowest BCUT2D eigenvalue weighted by Gasteiger charge is -2.24. The number of hydrogen-bond donors (Lipinski definition) is 2. The van der Waals surface area contributed by atoms with E-state index >= 15 is 0 Å². The van der Waals surface area contributed by atoms with Crippen molar-refractivity contribution < 1.29 is 14.3 Å². The third-order valence-electron chi connectivity index (χ3n) is 6.12. The zero-order valence-corrected chi connectivity index (χ0v) is 18.7. The standard InChI is InChI=1S/C27H29N3O3/c1-19(21-9-3-2-4-10-21)30-15-14-23(17-30)29-27(32)22-11-7-8-20(16-22)18-33-25-13-6-5-12-24(25)26(28)31/h2-13,16,19,23H,14-15,17-18H2,1H3,(H2,28,31)(H,29,32). The van der Waals surface area contributed by atoms with E-state index in [1.54, 1.807) is 30.3 Å². The summed E-state index contributed by atoms with van der Waals surface area (Å²) < 4.78 is 5.80. The molecule has 3 aromatic carbocycles. The third-order valence-corrected chi connectivity index (χ3v) is 6.12. The van der Waals surface area contributed by atoms with Gasteiger partial charge >= 0.3 is 0 Å². The fraction of sp³-hybridized carbons (Fsp3) is 0.259. The Labute approximate surface area is 194 Å². The van der Waals surface area contributed by atoms with Crippen LogP contribution in [0, 0.1) is 0 Å². The van der Waals surface area contributed by atoms with E-state index in [9.17, 15) is 9.59 Å². The average Bonchev–Trinajstić information content (AvgIpc) is 3.31. The molecule has 4 rings (SSSR count). The second kappa shape index (κ2) is 10.3. The van der Waals surface area contributed by atoms with E-state index in [1.165, 1.54) is 5.56 Å². The smallest absolute Gasteiger partial charge is 0.252 e. The van der Waals surface area contributed by atoms with Crippen molar-refractivity contribution in [1.82, 2.24) is 10.2 Å². The largest absolute Gasteiger partial charge is 0.488 e. The van der Waals surface area contributed by atoms with Crippen molar-refractivity contribution in [3.8, 4) is 5.75 Å². The van der Waals surface area contributed by atoms with Crippen LogP contribution in [-0.2, 0) is 6.61 Å². The van der Waals surface area contributed by atoms with Crippen LogP contribution in [-0.4, -0.2) is 35.8 Å². The molecule has 6 nitrogen and oxygen atoms in total. The summed E-state index contributed by atoms with van der Waals surface area (Å²) in [5, 5.41) is 3.17. The number of nitrogens with one attached hydrogen (secondary N) is 1. The van der Waals surface area contributed by atoms with Gasteiger partial charge in [-0.25, -0.2) is 0 Å². The number of primary amides is 1. The van der Waals surface area contributed by atoms with Gasteiger partial charge in [-0.15, -0.1) is 0 Å². The van der Waals surface area contributed by atoms with Crippen LogP contribution >= 0.6 is 0 Å². The van der Waals surface area contributed by atoms with Gasteiger partial charge in [0.1, 0.15) is 12.4 Å². The van der Waals surface area contributed by atoms with E-state index in [2.05, 4.69) is 41.4 Å². The normalized spacial score (nSPS) is 16.8. The minimum Gasteiger partial charge on any atom is -0.488 e. The molecule has 170 valence electrons. The average molecular weight is 444 g/mol. The first-order valence-corrected chi connectivity index (χ1v) is 11.2. The van der Waals surface area contributed by atoms with E-state index in [0.717, 1.165) is 25.1 Å². The molecule has 0 saturated carbocycles. The maximum Gasteiger partial charge on any atom is 0.252 e. The molecular formula is C27H29N3O3. The number of likely N-dealkylation sites (tertiary alicyclic amines) is 1. The van der Waals surface area contributed by atoms with E-state index < -0.39 is 5.91 Å². The molecule has 33 heavy (non-hydrogen) atoms. The molecule has 0 aromatic heterocycles. The number of carbonyl (C=O) groups excluding carboxylic acids is 2. The molecule has 0 aliphatic carbocycles. The number of nitrogens with zero attached hydrogens (tertiary/aromatic N) is 1. The number of carbonyl (C=O) groups is 2. The van der Waals surface area contributed by atoms with Crippen LogP contribution < -0.4 is 15.8 Å². The van der Waals surface area contributed by atoms with E-state index in [4.69, 9.17) is 10.5 Å². The van der Waals surface area contributed by atoms with Crippen molar-refractivity contribution in [1.29, 1.82) is 0 Å². The molecule has 2 unspecified atom stereocenters. The SMILES string of the molecule is CC(c1ccccc1)N1CCC(NC(=O)c2cccc(COc3ccccc3C(N)=O)c2)C1. The number of nitrogens with two attached hydrogens (primary N) is 1. The lowest BCUT2D eigenvalue weighted by molar-refractivity contribution is 0.0935. The summed E-state index contributed by atoms with van der Waals surface area (Å²) >= 11 is 0. The highest BCUT2D eigenvalue weighted by Crippen LogP contribution is 2.25. The topological polar surface area (TPSA) is 84.7 Å². The van der Waals surface area contributed by atoms with E-state index in [-0.39, 0.29) is 18.6 Å². The van der Waals surface area contributed by atoms with Gasteiger partial charge in [-0.1, -0.05) is 54.6 Å². The van der Waals surface area contributed by atoms with Gasteiger partial charge in [-0.2, -0.15) is 0 Å². The van der Waals surface area contributed by atoms with Crippen LogP contribution in [0.25, 0.3) is 0 Å². The van der Waals surface area contributed by atoms with Crippen LogP contribution in [0.4, 0.5) is 0 Å². The highest BCUT2D eigenvalue weighted by molar-refractivity contribution is 5.95. The summed E-state index contributed by atoms with van der Waals surface area (Å²) in [5.41, 5.74) is 8.47. The molecule has 1 saturated heterocycles. The molecule has 1 fully saturated rings. The Balaban J connectivity index is 1.34. The summed E-state index contributed by atoms with van der Waals surface area (Å²) in [5.74, 6) is -0.196. The first kappa shape index (κ1) is 22.6. The Bertz CT molecular complexity index is 1120. The minimum absolute atomic E-state index is 0.0893. The molecule has 3 N–H and O–H groups in total. The van der Waals surface area contributed by atoms with Crippen LogP contribution in [0.5, 0.6) is 5.75 Å². The van der Waals surface area contributed by atoms with Crippen LogP contribution in [0.3, 0.4) is 0 Å². The quantitative estimate of drug-likeness (QED) is 0.553. The van der Waals surface area contributed by atoms with Crippen molar-refractivity contribution >= 4 is 11.8 Å². The van der Waals surface area contributed by atoms with Gasteiger partial charge in [-0.3, -0.25) is 14.5 Å². The first-order chi connectivity index (χ1) is 16.0. The lowest BCUT2D eigenvalue weighted by Crippen LogP contribution is -2.37. The molecule has 1 aliphatic rings. The molecule has 0 radical (unpaired) electrons. The van der Waals surface area contributed by atoms with Gasteiger partial charge in [-0.05, 0) is 48.7 Å². The fourth-order valence-electron chi connectivity index (χ4n) is 4.23. The van der Waals surface area contributed by atoms with Crippen molar-refractivity contribution in [2.45, 2.75) is 32.0 Å². The molecule has 0 spiro atoms. The van der Waals surface area contributed by atoms with Gasteiger partial charge in [0.25, 0.3) is 11.8 Å². The molecule has 6 heteroatoms. The molecular weight excluding hydrogens is 414 g/mol. The molecule has 0 bridgehead atoms. The molecule has 2 atom stereocenters. The van der Waals surface area contributed by atoms with Gasteiger partial charge in [0.2, 0.25) is 0 Å². The number of ether oxygens (including phenoxy) is 1. The van der Waals surface area contributed by atoms with Gasteiger partial charge in [0, 0.05) is 30.7 Å². The third kappa shape index (κ3) is 5.59. The Morgan fingerprint density at radius 2 is 1.82 bits per heavy atom. The highest BCUT2D eigenvalue weighted by atomic mass is 16.5. The van der Waals surface area contributed by atoms with Crippen molar-refractivity contribution in [3.63, 3.8) is 0 Å². The zero-order valence-electron chi connectivity index (χ0n) is 18.7. The van der Waals surface area contributed by atoms with Crippen molar-refractivity contribution in [2.75, 3.05) is 13.1 Å². The van der Waals surface area contributed by atoms with Crippen LogP contribution in [0.1, 0.15) is 51.2 Å². The summed E-state index contributed by atoms with van der Waals surface area (Å²) in [7, 11) is 0. The maximum absolute atomic E-state index is 12.9. The summed E-state index contributed by atoms with van der Waals surface area (Å²) in [6.07, 6.45) is 0.926. The fourth-order valence-corrected chi connectivity index (χ4v) is 4.23. The number of hydrogen-bond acceptors (Lipinski definition) is 4. The Kier molecular flexibility index (Phi) is 7.05. The minimum atomic E-state index is -0.536. The second-order valence-corrected chi connectivity index (χ2v) is 8.39. The molecule has 2 amide bonds. The zero-order chi connectivity index (χ0) is 23.2. The summed E-state index contributed by atoms with van der Waals surface area (Å²) in [4.78, 5) is 26.9. The van der Waals surface area contributed by atoms with Crippen molar-refractivity contribution in [3.05, 3.63) is 101 Å². The second-order valence-electron chi connectivity index (χ2n) is 8.39. The van der Waals surface area contributed by atoms with Gasteiger partial charge < -0.3 is 15.8 Å². The number of para-hydroxylation sites is 1. The van der Waals surface area contributed by atoms with Crippen LogP contribution in [0.15, 0.2) is 78.9 Å². The maximum atomic E-state index is 12.9. The molecule has 3 aromatic rings. The molecule has 1 aliphatic heterocycles. The van der Waals surface area contributed by atoms with E-state index in [1.807, 2.05) is 24.3 Å². The summed E-state index contributed by atoms with van der Waals surface area (Å²) in [6.45, 7) is 4.22. The monoisotopic (exact) mass is 443 g/mol. The number of benzene rings is 3. The highest BCUT2D eigenvalue weighted by Gasteiger charge is 2.28. The predicted octanol–water partition coefficient (Wildman–Crippen LogP) is 3.93. The predicted molar refractivity (Wildman–Crippen MR) is 128 cm³/mol. The summed E-state index contributed by atoms with van der Waals surface area (Å²) in [6, 6.07) is 25.1. The Morgan fingerprint density at radius 1 is 1.06 bits per heavy atom. The number of amides is 2. The van der Waals surface area contributed by atoms with Gasteiger partial charge in [0.15, 0.2) is 0 Å². The number of rotatable bonds is 8. The van der Waals surface area contributed by atoms with Crippen molar-refractivity contribution in [2.24, 2.45) is 5.73 Å². The first-order valence-electron chi connectivity index (χ1n) is 11.2. The Hall–Kier alpha value is -3.64. The van der Waals surface area contributed by atoms with Crippen LogP contribution in [0.2, 0.25) is 0 Å². The van der Waals surface area contributed by atoms with E-state index in [0.29, 0.717) is 22.9 Å². The lowest BCUT2D eigenvalue weighted by atomic mass is 10.1.